The number of carboxylic acid groups (broad SMARTS) is 1. The van der Waals surface area contributed by atoms with Crippen LogP contribution in [0.15, 0.2) is 34.0 Å². The van der Waals surface area contributed by atoms with E-state index in [0.29, 0.717) is 27.8 Å². The van der Waals surface area contributed by atoms with Gasteiger partial charge in [-0.25, -0.2) is 19.2 Å². The number of phenolic OH excluding ortho intramolecular Hbond substituents is 1. The van der Waals surface area contributed by atoms with Crippen LogP contribution in [0.2, 0.25) is 0 Å². The van der Waals surface area contributed by atoms with Gasteiger partial charge in [-0.2, -0.15) is 5.26 Å². The quantitative estimate of drug-likeness (QED) is 0.169. The highest BCUT2D eigenvalue weighted by Crippen LogP contribution is 2.44. The Hall–Kier alpha value is -5.78. The fourth-order valence-corrected chi connectivity index (χ4v) is 6.75. The fraction of sp³-hybridized carbons (Fsp3) is 0.282. The molecule has 4 rings (SSSR count). The van der Waals surface area contributed by atoms with E-state index in [1.807, 2.05) is 6.07 Å². The van der Waals surface area contributed by atoms with E-state index in [-0.39, 0.29) is 72.0 Å². The summed E-state index contributed by atoms with van der Waals surface area (Å²) in [6, 6.07) is 3.39. The molecule has 0 saturated heterocycles. The van der Waals surface area contributed by atoms with E-state index < -0.39 is 41.0 Å². The number of aromatic carboxylic acids is 1. The lowest BCUT2D eigenvalue weighted by atomic mass is 9.87. The summed E-state index contributed by atoms with van der Waals surface area (Å²) in [7, 11) is 1.18. The molecule has 1 atom stereocenters. The Balaban J connectivity index is 1.68. The number of nitriles is 1. The van der Waals surface area contributed by atoms with Crippen LogP contribution in [0.1, 0.15) is 88.1 Å². The molecule has 3 N–H and O–H groups in total. The van der Waals surface area contributed by atoms with Gasteiger partial charge in [-0.3, -0.25) is 4.79 Å². The molecule has 276 valence electrons. The highest BCUT2D eigenvalue weighted by atomic mass is 79.9. The summed E-state index contributed by atoms with van der Waals surface area (Å²) in [5.41, 5.74) is -0.413. The van der Waals surface area contributed by atoms with Crippen molar-refractivity contribution in [2.45, 2.75) is 67.9 Å². The third kappa shape index (κ3) is 6.69. The molecule has 14 heteroatoms. The van der Waals surface area contributed by atoms with Crippen molar-refractivity contribution in [1.82, 2.24) is 0 Å². The number of ketones is 1. The summed E-state index contributed by atoms with van der Waals surface area (Å²) in [5, 5.41) is 42.0. The minimum atomic E-state index is -2.44. The SMILES string of the molecule is COC1=CC(=O)C=C(C)[C@]1(O)C(=O)Oc1c(C)c(C)c(C(=O)Oc2cc(C)c(C(=O)Oc3c(C)c(C)c(C(=O)O)c(C)c3C#N)c(C)c2C)c(O)c1Br. The molecule has 0 fully saturated rings. The van der Waals surface area contributed by atoms with Crippen LogP contribution in [-0.4, -0.2) is 57.7 Å². The average molecular weight is 791 g/mol. The average Bonchev–Trinajstić information content (AvgIpc) is 3.08. The first kappa shape index (κ1) is 40.0. The van der Waals surface area contributed by atoms with Gasteiger partial charge in [0.15, 0.2) is 17.3 Å². The summed E-state index contributed by atoms with van der Waals surface area (Å²) >= 11 is 3.19. The molecule has 0 aliphatic heterocycles. The molecule has 0 bridgehead atoms. The van der Waals surface area contributed by atoms with E-state index in [1.165, 1.54) is 40.9 Å². The second-order valence-corrected chi connectivity index (χ2v) is 13.4. The molecular formula is C39H36BrNO12. The van der Waals surface area contributed by atoms with Crippen LogP contribution in [0.4, 0.5) is 0 Å². The minimum absolute atomic E-state index is 0.0466. The Labute approximate surface area is 313 Å². The zero-order valence-electron chi connectivity index (χ0n) is 30.6. The normalized spacial score (nSPS) is 15.2. The zero-order valence-corrected chi connectivity index (χ0v) is 32.2. The van der Waals surface area contributed by atoms with Crippen molar-refractivity contribution >= 4 is 45.6 Å². The number of carbonyl (C=O) groups excluding carboxylic acids is 4. The van der Waals surface area contributed by atoms with E-state index in [2.05, 4.69) is 15.9 Å². The summed E-state index contributed by atoms with van der Waals surface area (Å²) in [4.78, 5) is 64.4. The number of benzene rings is 3. The number of carboxylic acids is 1. The Morgan fingerprint density at radius 3 is 1.87 bits per heavy atom. The maximum Gasteiger partial charge on any atom is 0.356 e. The van der Waals surface area contributed by atoms with Crippen molar-refractivity contribution < 1.29 is 58.2 Å². The van der Waals surface area contributed by atoms with Gasteiger partial charge in [-0.15, -0.1) is 0 Å². The van der Waals surface area contributed by atoms with Crippen molar-refractivity contribution in [2.75, 3.05) is 7.11 Å². The van der Waals surface area contributed by atoms with Crippen molar-refractivity contribution in [1.29, 1.82) is 5.26 Å². The van der Waals surface area contributed by atoms with E-state index in [0.717, 1.165) is 12.2 Å². The number of hydrogen-bond donors (Lipinski definition) is 3. The van der Waals surface area contributed by atoms with Gasteiger partial charge in [0.25, 0.3) is 0 Å². The number of methoxy groups -OCH3 is 1. The topological polar surface area (TPSA) is 207 Å². The number of carbonyl (C=O) groups is 5. The van der Waals surface area contributed by atoms with Crippen molar-refractivity contribution in [3.63, 3.8) is 0 Å². The third-order valence-corrected chi connectivity index (χ3v) is 10.4. The number of esters is 3. The summed E-state index contributed by atoms with van der Waals surface area (Å²) < 4.78 is 21.9. The Morgan fingerprint density at radius 1 is 0.755 bits per heavy atom. The highest BCUT2D eigenvalue weighted by Gasteiger charge is 2.48. The molecule has 53 heavy (non-hydrogen) atoms. The van der Waals surface area contributed by atoms with Crippen molar-refractivity contribution in [3.05, 3.63) is 101 Å². The van der Waals surface area contributed by atoms with Gasteiger partial charge in [0.2, 0.25) is 5.60 Å². The first-order chi connectivity index (χ1) is 24.6. The first-order valence-electron chi connectivity index (χ1n) is 15.9. The van der Waals surface area contributed by atoms with Crippen LogP contribution in [0.5, 0.6) is 23.0 Å². The van der Waals surface area contributed by atoms with Gasteiger partial charge in [-0.05, 0) is 140 Å². The number of ether oxygens (including phenoxy) is 4. The summed E-state index contributed by atoms with van der Waals surface area (Å²) in [6.07, 6.45) is 2.01. The van der Waals surface area contributed by atoms with Crippen molar-refractivity contribution in [2.24, 2.45) is 0 Å². The minimum Gasteiger partial charge on any atom is -0.506 e. The molecule has 1 aliphatic rings. The van der Waals surface area contributed by atoms with E-state index >= 15 is 0 Å². The molecule has 13 nitrogen and oxygen atoms in total. The predicted octanol–water partition coefficient (Wildman–Crippen LogP) is 6.33. The first-order valence-corrected chi connectivity index (χ1v) is 16.7. The van der Waals surface area contributed by atoms with Crippen LogP contribution >= 0.6 is 15.9 Å². The number of phenols is 1. The highest BCUT2D eigenvalue weighted by molar-refractivity contribution is 9.10. The molecule has 0 saturated carbocycles. The number of hydrogen-bond acceptors (Lipinski definition) is 12. The maximum atomic E-state index is 13.7. The summed E-state index contributed by atoms with van der Waals surface area (Å²) in [6.45, 7) is 13.7. The Kier molecular flexibility index (Phi) is 11.1. The number of rotatable bonds is 8. The number of nitrogens with zero attached hydrogens (tertiary/aromatic N) is 1. The van der Waals surface area contributed by atoms with Crippen molar-refractivity contribution in [3.8, 4) is 29.1 Å². The predicted molar refractivity (Wildman–Crippen MR) is 193 cm³/mol. The van der Waals surface area contributed by atoms with Crippen LogP contribution in [0.25, 0.3) is 0 Å². The molecule has 0 spiro atoms. The van der Waals surface area contributed by atoms with Crippen LogP contribution in [0, 0.1) is 66.7 Å². The number of aryl methyl sites for hydroxylation is 1. The summed E-state index contributed by atoms with van der Waals surface area (Å²) in [5.74, 6) is -5.93. The van der Waals surface area contributed by atoms with Gasteiger partial charge in [0.05, 0.1) is 23.8 Å². The van der Waals surface area contributed by atoms with E-state index in [9.17, 15) is 44.6 Å². The maximum absolute atomic E-state index is 13.7. The van der Waals surface area contributed by atoms with Gasteiger partial charge in [0, 0.05) is 6.08 Å². The van der Waals surface area contributed by atoms with Gasteiger partial charge in [-0.1, -0.05) is 0 Å². The molecule has 1 aliphatic carbocycles. The second-order valence-electron chi connectivity index (χ2n) is 12.6. The van der Waals surface area contributed by atoms with Crippen LogP contribution < -0.4 is 14.2 Å². The standard InChI is InChI=1S/C39H36BrNO12/c1-15-11-26(17(3)18(4)28(15)36(46)52-33-21(7)19(5)29(35(44)45)23(9)25(33)14-41)51-37(47)30-20(6)22(8)34(31(40)32(30)43)53-38(48)39(49)16(2)12-24(42)13-27(39)50-10/h11-13,43,49H,1-10H3,(H,44,45)/t39-/m1/s1. The Bertz CT molecular complexity index is 2260. The number of aliphatic hydroxyl groups is 1. The zero-order chi connectivity index (χ0) is 40.0. The van der Waals surface area contributed by atoms with Gasteiger partial charge in [0.1, 0.15) is 33.4 Å². The number of halogens is 1. The molecule has 0 aromatic heterocycles. The third-order valence-electron chi connectivity index (χ3n) is 9.63. The molecular weight excluding hydrogens is 754 g/mol. The molecule has 0 radical (unpaired) electrons. The number of aromatic hydroxyl groups is 1. The lowest BCUT2D eigenvalue weighted by Gasteiger charge is -2.30. The lowest BCUT2D eigenvalue weighted by Crippen LogP contribution is -2.47. The van der Waals surface area contributed by atoms with E-state index in [4.69, 9.17) is 18.9 Å². The number of allylic oxidation sites excluding steroid dienone is 2. The van der Waals surface area contributed by atoms with Gasteiger partial charge >= 0.3 is 23.9 Å². The van der Waals surface area contributed by atoms with E-state index in [1.54, 1.807) is 34.6 Å². The van der Waals surface area contributed by atoms with Crippen LogP contribution in [0.3, 0.4) is 0 Å². The molecule has 0 unspecified atom stereocenters. The van der Waals surface area contributed by atoms with Crippen LogP contribution in [-0.2, 0) is 14.3 Å². The van der Waals surface area contributed by atoms with Gasteiger partial charge < -0.3 is 34.3 Å². The molecule has 3 aromatic carbocycles. The smallest absolute Gasteiger partial charge is 0.356 e. The Morgan fingerprint density at radius 2 is 1.30 bits per heavy atom. The fourth-order valence-electron chi connectivity index (χ4n) is 6.18. The largest absolute Gasteiger partial charge is 0.506 e. The monoisotopic (exact) mass is 789 g/mol. The molecule has 3 aromatic rings. The molecule has 0 amide bonds. The second kappa shape index (κ2) is 14.7. The molecule has 0 heterocycles. The lowest BCUT2D eigenvalue weighted by molar-refractivity contribution is -0.151.